The first kappa shape index (κ1) is 23.1. The zero-order valence-electron chi connectivity index (χ0n) is 17.5. The number of halogens is 1. The second-order valence-electron chi connectivity index (χ2n) is 7.30. The number of carbonyl (C=O) groups is 2. The van der Waals surface area contributed by atoms with Crippen LogP contribution in [0.15, 0.2) is 56.8 Å². The van der Waals surface area contributed by atoms with Gasteiger partial charge >= 0.3 is 5.97 Å². The molecule has 0 saturated carbocycles. The molecule has 0 spiro atoms. The summed E-state index contributed by atoms with van der Waals surface area (Å²) in [5.74, 6) is 0.101. The van der Waals surface area contributed by atoms with Crippen LogP contribution in [0, 0.1) is 5.92 Å². The van der Waals surface area contributed by atoms with Crippen LogP contribution in [0.2, 0.25) is 0 Å². The zero-order valence-corrected chi connectivity index (χ0v) is 19.9. The Morgan fingerprint density at radius 2 is 1.97 bits per heavy atom. The number of amidine groups is 1. The molecule has 0 atom stereocenters. The van der Waals surface area contributed by atoms with E-state index in [1.54, 1.807) is 17.0 Å². The predicted molar refractivity (Wildman–Crippen MR) is 128 cm³/mol. The molecule has 0 radical (unpaired) electrons. The number of carboxylic acid groups (broad SMARTS) is 1. The minimum atomic E-state index is -0.989. The number of rotatable bonds is 7. The van der Waals surface area contributed by atoms with Gasteiger partial charge in [-0.15, -0.1) is 0 Å². The fourth-order valence-electron chi connectivity index (χ4n) is 2.79. The zero-order chi connectivity index (χ0) is 22.5. The molecule has 3 rings (SSSR count). The molecule has 0 aromatic heterocycles. The van der Waals surface area contributed by atoms with Crippen LogP contribution in [-0.2, 0) is 4.79 Å². The second kappa shape index (κ2) is 10.2. The van der Waals surface area contributed by atoms with Crippen LogP contribution in [0.3, 0.4) is 0 Å². The smallest absolute Gasteiger partial charge is 0.335 e. The lowest BCUT2D eigenvalue weighted by atomic mass is 10.2. The summed E-state index contributed by atoms with van der Waals surface area (Å²) >= 11 is 4.84. The molecule has 2 aromatic carbocycles. The van der Waals surface area contributed by atoms with Crippen LogP contribution >= 0.6 is 27.7 Å². The Labute approximate surface area is 194 Å². The van der Waals surface area contributed by atoms with Crippen molar-refractivity contribution in [1.29, 1.82) is 0 Å². The fraction of sp³-hybridized carbons (Fsp3) is 0.261. The van der Waals surface area contributed by atoms with Gasteiger partial charge in [0.25, 0.3) is 5.91 Å². The van der Waals surface area contributed by atoms with Crippen molar-refractivity contribution >= 4 is 56.5 Å². The van der Waals surface area contributed by atoms with Crippen LogP contribution in [0.5, 0.6) is 5.75 Å². The molecule has 1 heterocycles. The summed E-state index contributed by atoms with van der Waals surface area (Å²) in [6.45, 7) is 7.19. The highest BCUT2D eigenvalue weighted by Gasteiger charge is 2.32. The number of amides is 1. The fourth-order valence-corrected chi connectivity index (χ4v) is 4.36. The molecule has 0 aliphatic carbocycles. The number of hydrogen-bond acceptors (Lipinski definition) is 5. The number of hydrogen-bond donors (Lipinski definition) is 1. The van der Waals surface area contributed by atoms with Gasteiger partial charge in [-0.3, -0.25) is 9.69 Å². The maximum atomic E-state index is 12.9. The van der Waals surface area contributed by atoms with Gasteiger partial charge in [0.05, 0.1) is 27.2 Å². The first-order valence-corrected chi connectivity index (χ1v) is 11.4. The normalized spacial score (nSPS) is 16.5. The van der Waals surface area contributed by atoms with Crippen LogP contribution < -0.4 is 4.74 Å². The van der Waals surface area contributed by atoms with Gasteiger partial charge in [0.15, 0.2) is 5.17 Å². The largest absolute Gasteiger partial charge is 0.492 e. The molecule has 1 saturated heterocycles. The number of ether oxygens (including phenoxy) is 1. The number of carboxylic acids is 1. The van der Waals surface area contributed by atoms with Crippen molar-refractivity contribution in [3.8, 4) is 5.75 Å². The Kier molecular flexibility index (Phi) is 7.56. The predicted octanol–water partition coefficient (Wildman–Crippen LogP) is 5.81. The lowest BCUT2D eigenvalue weighted by Crippen LogP contribution is -2.28. The first-order chi connectivity index (χ1) is 14.8. The van der Waals surface area contributed by atoms with Crippen LogP contribution in [-0.4, -0.2) is 40.2 Å². The molecular formula is C23H23BrN2O4S. The minimum absolute atomic E-state index is 0.107. The van der Waals surface area contributed by atoms with Gasteiger partial charge in [0, 0.05) is 6.54 Å². The van der Waals surface area contributed by atoms with Gasteiger partial charge in [-0.05, 0) is 88.6 Å². The second-order valence-corrected chi connectivity index (χ2v) is 9.16. The van der Waals surface area contributed by atoms with Crippen LogP contribution in [0.25, 0.3) is 6.08 Å². The van der Waals surface area contributed by atoms with E-state index in [9.17, 15) is 9.59 Å². The molecule has 1 aliphatic heterocycles. The SMILES string of the molecule is CCN1C(=O)/C(=C\c2ccc(OCC(C)C)c(Br)c2)SC1=Nc1ccc(C(=O)O)cc1. The van der Waals surface area contributed by atoms with Crippen LogP contribution in [0.1, 0.15) is 36.7 Å². The van der Waals surface area contributed by atoms with E-state index in [0.29, 0.717) is 34.8 Å². The Hall–Kier alpha value is -2.58. The Morgan fingerprint density at radius 1 is 1.26 bits per heavy atom. The molecule has 6 nitrogen and oxygen atoms in total. The number of thioether (sulfide) groups is 1. The van der Waals surface area contributed by atoms with Gasteiger partial charge in [-0.2, -0.15) is 0 Å². The van der Waals surface area contributed by atoms with Gasteiger partial charge < -0.3 is 9.84 Å². The molecule has 31 heavy (non-hydrogen) atoms. The monoisotopic (exact) mass is 502 g/mol. The van der Waals surface area contributed by atoms with E-state index in [0.717, 1.165) is 15.8 Å². The average molecular weight is 503 g/mol. The number of carbonyl (C=O) groups excluding carboxylic acids is 1. The van der Waals surface area contributed by atoms with Crippen molar-refractivity contribution in [3.63, 3.8) is 0 Å². The highest BCUT2D eigenvalue weighted by Crippen LogP contribution is 2.35. The van der Waals surface area contributed by atoms with Crippen molar-refractivity contribution in [2.24, 2.45) is 10.9 Å². The van der Waals surface area contributed by atoms with E-state index >= 15 is 0 Å². The maximum absolute atomic E-state index is 12.9. The molecule has 1 aliphatic rings. The van der Waals surface area contributed by atoms with Gasteiger partial charge in [0.1, 0.15) is 5.75 Å². The van der Waals surface area contributed by atoms with Gasteiger partial charge in [0.2, 0.25) is 0 Å². The van der Waals surface area contributed by atoms with Crippen molar-refractivity contribution in [2.45, 2.75) is 20.8 Å². The third kappa shape index (κ3) is 5.77. The van der Waals surface area contributed by atoms with Crippen molar-refractivity contribution in [3.05, 3.63) is 63.0 Å². The van der Waals surface area contributed by atoms with Crippen molar-refractivity contribution in [2.75, 3.05) is 13.2 Å². The molecule has 1 fully saturated rings. The molecule has 0 unspecified atom stereocenters. The summed E-state index contributed by atoms with van der Waals surface area (Å²) in [5.41, 5.74) is 1.66. The summed E-state index contributed by atoms with van der Waals surface area (Å²) in [5, 5.41) is 9.60. The number of likely N-dealkylation sites (N-methyl/N-ethyl adjacent to an activating group) is 1. The van der Waals surface area contributed by atoms with Gasteiger partial charge in [-0.1, -0.05) is 19.9 Å². The molecule has 162 valence electrons. The molecule has 2 aromatic rings. The quantitative estimate of drug-likeness (QED) is 0.483. The molecule has 0 bridgehead atoms. The summed E-state index contributed by atoms with van der Waals surface area (Å²) in [6.07, 6.45) is 1.84. The van der Waals surface area contributed by atoms with E-state index in [4.69, 9.17) is 9.84 Å². The van der Waals surface area contributed by atoms with E-state index < -0.39 is 5.97 Å². The first-order valence-electron chi connectivity index (χ1n) is 9.84. The number of benzene rings is 2. The van der Waals surface area contributed by atoms with E-state index in [1.165, 1.54) is 23.9 Å². The lowest BCUT2D eigenvalue weighted by Gasteiger charge is -2.12. The Balaban J connectivity index is 1.83. The molecular weight excluding hydrogens is 480 g/mol. The standard InChI is InChI=1S/C23H23BrN2O4S/c1-4-26-21(27)20(12-15-5-10-19(18(24)11-15)30-13-14(2)3)31-23(26)25-17-8-6-16(7-9-17)22(28)29/h5-12,14H,4,13H2,1-3H3,(H,28,29)/b20-12+,25-23?. The van der Waals surface area contributed by atoms with Crippen LogP contribution in [0.4, 0.5) is 5.69 Å². The number of nitrogens with zero attached hydrogens (tertiary/aromatic N) is 2. The molecule has 8 heteroatoms. The van der Waals surface area contributed by atoms with Crippen molar-refractivity contribution < 1.29 is 19.4 Å². The summed E-state index contributed by atoms with van der Waals surface area (Å²) < 4.78 is 6.61. The summed E-state index contributed by atoms with van der Waals surface area (Å²) in [6, 6.07) is 12.0. The Bertz CT molecular complexity index is 1050. The topological polar surface area (TPSA) is 79.2 Å². The molecule has 1 amide bonds. The lowest BCUT2D eigenvalue weighted by molar-refractivity contribution is -0.122. The van der Waals surface area contributed by atoms with Crippen molar-refractivity contribution in [1.82, 2.24) is 4.90 Å². The summed E-state index contributed by atoms with van der Waals surface area (Å²) in [7, 11) is 0. The van der Waals surface area contributed by atoms with Gasteiger partial charge in [-0.25, -0.2) is 9.79 Å². The number of aromatic carboxylic acids is 1. The van der Waals surface area contributed by atoms with E-state index in [2.05, 4.69) is 34.8 Å². The Morgan fingerprint density at radius 3 is 2.55 bits per heavy atom. The molecule has 1 N–H and O–H groups in total. The van der Waals surface area contributed by atoms with E-state index in [1.807, 2.05) is 31.2 Å². The third-order valence-electron chi connectivity index (χ3n) is 4.37. The minimum Gasteiger partial charge on any atom is -0.492 e. The highest BCUT2D eigenvalue weighted by atomic mass is 79.9. The number of aliphatic imine (C=N–C) groups is 1. The van der Waals surface area contributed by atoms with E-state index in [-0.39, 0.29) is 11.5 Å². The average Bonchev–Trinajstić information content (AvgIpc) is 3.01. The maximum Gasteiger partial charge on any atom is 0.335 e. The third-order valence-corrected chi connectivity index (χ3v) is 6.00. The summed E-state index contributed by atoms with van der Waals surface area (Å²) in [4.78, 5) is 30.6. The highest BCUT2D eigenvalue weighted by molar-refractivity contribution is 9.10.